The van der Waals surface area contributed by atoms with Crippen LogP contribution in [0.15, 0.2) is 12.5 Å². The van der Waals surface area contributed by atoms with Crippen LogP contribution in [0.4, 0.5) is 0 Å². The third-order valence-corrected chi connectivity index (χ3v) is 0.232. The minimum atomic E-state index is -4.67. The van der Waals surface area contributed by atoms with Gasteiger partial charge in [-0.25, -0.2) is 9.59 Å². The topological polar surface area (TPSA) is 118 Å². The molecular weight excluding hydrogens is 215 g/mol. The summed E-state index contributed by atoms with van der Waals surface area (Å²) in [6.45, 7) is 0. The molecular formula is C4H5NaO7S. The second-order valence-electron chi connectivity index (χ2n) is 1.06. The van der Waals surface area contributed by atoms with Gasteiger partial charge in [0.2, 0.25) is 0 Å². The molecule has 7 nitrogen and oxygen atoms in total. The quantitative estimate of drug-likeness (QED) is 0.249. The molecule has 0 saturated heterocycles. The molecule has 0 rings (SSSR count). The number of carbonyl (C=O) groups excluding carboxylic acids is 2. The van der Waals surface area contributed by atoms with Crippen LogP contribution in [0.1, 0.15) is 0 Å². The summed E-state index contributed by atoms with van der Waals surface area (Å²) in [6.07, 6.45) is 1.43. The molecule has 0 aliphatic heterocycles. The Kier molecular flexibility index (Phi) is 16.4. The Balaban J connectivity index is -0.000000150. The summed E-state index contributed by atoms with van der Waals surface area (Å²) in [7, 11) is -4.67. The normalized spacial score (nSPS) is 7.23. The first-order valence-electron chi connectivity index (χ1n) is 2.16. The van der Waals surface area contributed by atoms with Gasteiger partial charge in [-0.2, -0.15) is 8.42 Å². The Morgan fingerprint density at radius 3 is 1.46 bits per heavy atom. The van der Waals surface area contributed by atoms with Gasteiger partial charge in [-0.05, 0) is 0 Å². The summed E-state index contributed by atoms with van der Waals surface area (Å²) in [5.41, 5.74) is 0. The van der Waals surface area contributed by atoms with E-state index < -0.39 is 10.4 Å². The molecule has 0 aliphatic carbocycles. The fourth-order valence-electron chi connectivity index (χ4n) is 0.0896. The van der Waals surface area contributed by atoms with Crippen LogP contribution < -0.4 is 0 Å². The van der Waals surface area contributed by atoms with Crippen LogP contribution in [-0.4, -0.2) is 59.0 Å². The third kappa shape index (κ3) is 83.1. The Morgan fingerprint density at radius 2 is 1.31 bits per heavy atom. The van der Waals surface area contributed by atoms with E-state index in [9.17, 15) is 9.59 Å². The van der Waals surface area contributed by atoms with Crippen LogP contribution in [0.5, 0.6) is 0 Å². The van der Waals surface area contributed by atoms with Gasteiger partial charge in [0.15, 0.2) is 24.4 Å². The first-order chi connectivity index (χ1) is 5.41. The number of ether oxygens (including phenoxy) is 1. The van der Waals surface area contributed by atoms with Crippen molar-refractivity contribution in [3.05, 3.63) is 12.5 Å². The number of hydrogen-bond donors (Lipinski definition) is 2. The molecule has 0 aromatic carbocycles. The predicted molar refractivity (Wildman–Crippen MR) is 42.9 cm³/mol. The van der Waals surface area contributed by atoms with Gasteiger partial charge in [-0.3, -0.25) is 9.11 Å². The van der Waals surface area contributed by atoms with Crippen molar-refractivity contribution in [3.63, 3.8) is 0 Å². The van der Waals surface area contributed by atoms with Crippen LogP contribution in [-0.2, 0) is 24.7 Å². The first kappa shape index (κ1) is 18.4. The molecule has 2 N–H and O–H groups in total. The van der Waals surface area contributed by atoms with E-state index in [1.165, 1.54) is 11.9 Å². The third-order valence-electron chi connectivity index (χ3n) is 0.232. The molecule has 0 unspecified atom stereocenters. The zero-order valence-electron chi connectivity index (χ0n) is 5.50. The molecule has 0 heterocycles. The van der Waals surface area contributed by atoms with Crippen LogP contribution >= 0.6 is 0 Å². The molecule has 0 saturated carbocycles. The van der Waals surface area contributed by atoms with Gasteiger partial charge in [0.1, 0.15) is 0 Å². The zero-order valence-corrected chi connectivity index (χ0v) is 6.32. The van der Waals surface area contributed by atoms with Crippen molar-refractivity contribution in [2.45, 2.75) is 0 Å². The summed E-state index contributed by atoms with van der Waals surface area (Å²) in [5.74, 6) is 2.59. The Hall–Kier alpha value is -0.430. The van der Waals surface area contributed by atoms with Gasteiger partial charge in [0, 0.05) is 0 Å². The summed E-state index contributed by atoms with van der Waals surface area (Å²) < 4.78 is 35.6. The predicted octanol–water partition coefficient (Wildman–Crippen LogP) is -1.61. The Morgan fingerprint density at radius 1 is 1.08 bits per heavy atom. The van der Waals surface area contributed by atoms with Crippen molar-refractivity contribution in [2.24, 2.45) is 0 Å². The molecule has 0 aliphatic rings. The summed E-state index contributed by atoms with van der Waals surface area (Å²) in [6, 6.07) is 0. The maximum absolute atomic E-state index is 9.22. The van der Waals surface area contributed by atoms with E-state index >= 15 is 0 Å². The molecule has 0 spiro atoms. The Bertz CT molecular complexity index is 270. The average molecular weight is 220 g/mol. The molecule has 9 heteroatoms. The SMILES string of the molecule is O=C=COC=C=O.O=S(=O)(O)O.[NaH]. The van der Waals surface area contributed by atoms with Gasteiger partial charge in [0.25, 0.3) is 0 Å². The van der Waals surface area contributed by atoms with E-state index in [1.807, 2.05) is 0 Å². The summed E-state index contributed by atoms with van der Waals surface area (Å²) in [4.78, 5) is 18.4. The standard InChI is InChI=1S/C4H2O3.Na.H2O4S.H/c5-1-3-7-4-2-6;;1-5(2,3)4;/h3-4H;;(H2,1,2,3,4);. The van der Waals surface area contributed by atoms with E-state index in [4.69, 9.17) is 17.5 Å². The van der Waals surface area contributed by atoms with Crippen LogP contribution in [0.25, 0.3) is 0 Å². The van der Waals surface area contributed by atoms with Crippen molar-refractivity contribution in [3.8, 4) is 0 Å². The molecule has 0 atom stereocenters. The van der Waals surface area contributed by atoms with Gasteiger partial charge < -0.3 is 4.74 Å². The van der Waals surface area contributed by atoms with Crippen molar-refractivity contribution in [1.82, 2.24) is 0 Å². The molecule has 70 valence electrons. The molecule has 0 aromatic heterocycles. The molecule has 0 fully saturated rings. The first-order valence-corrected chi connectivity index (χ1v) is 3.55. The second kappa shape index (κ2) is 11.6. The molecule has 0 aromatic rings. The van der Waals surface area contributed by atoms with Gasteiger partial charge in [0.05, 0.1) is 0 Å². The fraction of sp³-hybridized carbons (Fsp3) is 0. The molecule has 0 radical (unpaired) electrons. The summed E-state index contributed by atoms with van der Waals surface area (Å²) in [5, 5.41) is 0. The maximum atomic E-state index is 9.22. The zero-order chi connectivity index (χ0) is 10.0. The van der Waals surface area contributed by atoms with Crippen molar-refractivity contribution in [2.75, 3.05) is 0 Å². The van der Waals surface area contributed by atoms with Gasteiger partial charge in [-0.1, -0.05) is 0 Å². The van der Waals surface area contributed by atoms with E-state index in [0.29, 0.717) is 12.5 Å². The monoisotopic (exact) mass is 220 g/mol. The number of rotatable bonds is 2. The van der Waals surface area contributed by atoms with Gasteiger partial charge in [-0.15, -0.1) is 0 Å². The summed E-state index contributed by atoms with van der Waals surface area (Å²) >= 11 is 0. The van der Waals surface area contributed by atoms with Gasteiger partial charge >= 0.3 is 40.0 Å². The van der Waals surface area contributed by atoms with E-state index in [-0.39, 0.29) is 29.6 Å². The van der Waals surface area contributed by atoms with Crippen LogP contribution in [0.3, 0.4) is 0 Å². The van der Waals surface area contributed by atoms with Crippen molar-refractivity contribution < 1.29 is 31.8 Å². The van der Waals surface area contributed by atoms with E-state index in [2.05, 4.69) is 4.74 Å². The van der Waals surface area contributed by atoms with E-state index in [0.717, 1.165) is 0 Å². The molecule has 0 amide bonds. The minimum absolute atomic E-state index is 0. The fourth-order valence-corrected chi connectivity index (χ4v) is 0.0896. The molecule has 0 bridgehead atoms. The number of hydrogen-bond acceptors (Lipinski definition) is 5. The van der Waals surface area contributed by atoms with E-state index in [1.54, 1.807) is 0 Å². The molecule has 13 heavy (non-hydrogen) atoms. The second-order valence-corrected chi connectivity index (χ2v) is 1.95. The average Bonchev–Trinajstić information content (AvgIpc) is 1.85. The van der Waals surface area contributed by atoms with Crippen molar-refractivity contribution in [1.29, 1.82) is 0 Å². The van der Waals surface area contributed by atoms with Crippen LogP contribution in [0.2, 0.25) is 0 Å². The van der Waals surface area contributed by atoms with Crippen LogP contribution in [0, 0.1) is 0 Å². The Labute approximate surface area is 95.9 Å². The van der Waals surface area contributed by atoms with Crippen molar-refractivity contribution >= 4 is 51.8 Å².